The van der Waals surface area contributed by atoms with E-state index in [0.29, 0.717) is 12.3 Å². The predicted octanol–water partition coefficient (Wildman–Crippen LogP) is 2.15. The van der Waals surface area contributed by atoms with Crippen molar-refractivity contribution in [2.45, 2.75) is 51.6 Å². The lowest BCUT2D eigenvalue weighted by atomic mass is 9.95. The van der Waals surface area contributed by atoms with Crippen molar-refractivity contribution >= 4 is 5.71 Å². The number of hydrogen-bond acceptors (Lipinski definition) is 5. The van der Waals surface area contributed by atoms with Crippen LogP contribution in [0.4, 0.5) is 0 Å². The molecule has 2 aromatic heterocycles. The quantitative estimate of drug-likeness (QED) is 0.831. The fourth-order valence-corrected chi connectivity index (χ4v) is 3.32. The number of aromatic nitrogens is 3. The molecule has 0 spiro atoms. The van der Waals surface area contributed by atoms with Crippen LogP contribution in [0.3, 0.4) is 0 Å². The van der Waals surface area contributed by atoms with Crippen molar-refractivity contribution in [1.82, 2.24) is 14.5 Å². The van der Waals surface area contributed by atoms with Gasteiger partial charge in [0, 0.05) is 18.4 Å². The summed E-state index contributed by atoms with van der Waals surface area (Å²) in [6, 6.07) is 3.62. The molecule has 1 aliphatic carbocycles. The smallest absolute Gasteiger partial charge is 0.331 e. The van der Waals surface area contributed by atoms with Crippen LogP contribution >= 0.6 is 0 Å². The molecule has 0 aromatic carbocycles. The zero-order valence-electron chi connectivity index (χ0n) is 14.2. The monoisotopic (exact) mass is 342 g/mol. The molecular weight excluding hydrogens is 320 g/mol. The van der Waals surface area contributed by atoms with Gasteiger partial charge in [0.25, 0.3) is 5.56 Å². The minimum absolute atomic E-state index is 0.0639. The van der Waals surface area contributed by atoms with Crippen LogP contribution in [0.15, 0.2) is 39.1 Å². The highest BCUT2D eigenvalue weighted by molar-refractivity contribution is 6.00. The van der Waals surface area contributed by atoms with Crippen LogP contribution in [0.2, 0.25) is 0 Å². The first-order valence-corrected chi connectivity index (χ1v) is 8.56. The van der Waals surface area contributed by atoms with Crippen molar-refractivity contribution in [2.24, 2.45) is 4.99 Å². The first-order chi connectivity index (χ1) is 12.1. The number of nitrogens with one attached hydrogen (secondary N) is 1. The minimum Gasteiger partial charge on any atom is -0.494 e. The summed E-state index contributed by atoms with van der Waals surface area (Å²) in [6.45, 7) is 2.01. The normalized spacial score (nSPS) is 16.1. The Morgan fingerprint density at radius 1 is 1.36 bits per heavy atom. The van der Waals surface area contributed by atoms with E-state index in [4.69, 9.17) is 0 Å². The summed E-state index contributed by atoms with van der Waals surface area (Å²) in [5, 5.41) is 10.6. The Morgan fingerprint density at radius 3 is 2.80 bits per heavy atom. The van der Waals surface area contributed by atoms with Crippen LogP contribution in [-0.4, -0.2) is 25.4 Å². The van der Waals surface area contributed by atoms with Crippen LogP contribution < -0.4 is 11.2 Å². The molecule has 2 aromatic rings. The molecule has 0 atom stereocenters. The molecule has 7 heteroatoms. The van der Waals surface area contributed by atoms with E-state index in [1.165, 1.54) is 4.57 Å². The Bertz CT molecular complexity index is 877. The second-order valence-corrected chi connectivity index (χ2v) is 6.38. The Balaban J connectivity index is 1.97. The molecule has 7 nitrogen and oxygen atoms in total. The van der Waals surface area contributed by atoms with E-state index >= 15 is 0 Å². The van der Waals surface area contributed by atoms with Crippen LogP contribution in [0.1, 0.15) is 56.2 Å². The van der Waals surface area contributed by atoms with E-state index < -0.39 is 11.2 Å². The number of aromatic hydroxyl groups is 1. The maximum atomic E-state index is 12.2. The summed E-state index contributed by atoms with van der Waals surface area (Å²) in [5.74, 6) is -0.284. The standard InChI is InChI=1S/C18H22N4O3/c1-12(20-11-13-6-5-9-19-10-13)15-16(23)21-18(25)22(17(15)24)14-7-3-2-4-8-14/h5-6,9-10,14,24H,2-4,7-8,11H2,1H3,(H,21,23,25). The first-order valence-electron chi connectivity index (χ1n) is 8.56. The molecule has 0 unspecified atom stereocenters. The lowest BCUT2D eigenvalue weighted by Gasteiger charge is -2.25. The summed E-state index contributed by atoms with van der Waals surface area (Å²) in [6.07, 6.45) is 8.18. The van der Waals surface area contributed by atoms with Gasteiger partial charge in [-0.15, -0.1) is 0 Å². The molecular formula is C18H22N4O3. The van der Waals surface area contributed by atoms with Gasteiger partial charge in [0.1, 0.15) is 5.56 Å². The fraction of sp³-hybridized carbons (Fsp3) is 0.444. The van der Waals surface area contributed by atoms with Crippen LogP contribution in [0.5, 0.6) is 5.88 Å². The van der Waals surface area contributed by atoms with Crippen molar-refractivity contribution in [1.29, 1.82) is 0 Å². The van der Waals surface area contributed by atoms with Gasteiger partial charge < -0.3 is 5.11 Å². The first kappa shape index (κ1) is 17.1. The summed E-state index contributed by atoms with van der Waals surface area (Å²) in [5.41, 5.74) is 0.194. The van der Waals surface area contributed by atoms with Gasteiger partial charge in [-0.05, 0) is 31.4 Å². The number of pyridine rings is 1. The summed E-state index contributed by atoms with van der Waals surface area (Å²) in [4.78, 5) is 35.2. The van der Waals surface area contributed by atoms with Gasteiger partial charge in [-0.2, -0.15) is 0 Å². The van der Waals surface area contributed by atoms with Gasteiger partial charge in [-0.25, -0.2) is 4.79 Å². The summed E-state index contributed by atoms with van der Waals surface area (Å²) < 4.78 is 1.32. The zero-order chi connectivity index (χ0) is 17.8. The van der Waals surface area contributed by atoms with Crippen molar-refractivity contribution in [3.8, 4) is 5.88 Å². The Hall–Kier alpha value is -2.70. The van der Waals surface area contributed by atoms with Crippen molar-refractivity contribution in [3.63, 3.8) is 0 Å². The number of hydrogen-bond donors (Lipinski definition) is 2. The second kappa shape index (κ2) is 7.46. The van der Waals surface area contributed by atoms with E-state index in [0.717, 1.165) is 37.7 Å². The predicted molar refractivity (Wildman–Crippen MR) is 95.3 cm³/mol. The largest absolute Gasteiger partial charge is 0.494 e. The summed E-state index contributed by atoms with van der Waals surface area (Å²) in [7, 11) is 0. The third-order valence-corrected chi connectivity index (χ3v) is 4.64. The Morgan fingerprint density at radius 2 is 2.12 bits per heavy atom. The molecule has 1 fully saturated rings. The third-order valence-electron chi connectivity index (χ3n) is 4.64. The van der Waals surface area contributed by atoms with Gasteiger partial charge in [-0.3, -0.25) is 24.3 Å². The number of aromatic amines is 1. The topological polar surface area (TPSA) is 100 Å². The molecule has 3 rings (SSSR count). The van der Waals surface area contributed by atoms with E-state index in [2.05, 4.69) is 15.0 Å². The Kier molecular flexibility index (Phi) is 5.11. The minimum atomic E-state index is -0.609. The number of nitrogens with zero attached hydrogens (tertiary/aromatic N) is 3. The van der Waals surface area contributed by atoms with Gasteiger partial charge in [0.15, 0.2) is 0 Å². The van der Waals surface area contributed by atoms with Gasteiger partial charge in [0.05, 0.1) is 12.3 Å². The molecule has 1 aliphatic rings. The lowest BCUT2D eigenvalue weighted by molar-refractivity contribution is 0.298. The molecule has 0 aliphatic heterocycles. The number of rotatable bonds is 4. The molecule has 1 saturated carbocycles. The average molecular weight is 342 g/mol. The highest BCUT2D eigenvalue weighted by Gasteiger charge is 2.23. The van der Waals surface area contributed by atoms with Crippen LogP contribution in [0, 0.1) is 0 Å². The maximum absolute atomic E-state index is 12.2. The second-order valence-electron chi connectivity index (χ2n) is 6.38. The highest BCUT2D eigenvalue weighted by atomic mass is 16.3. The van der Waals surface area contributed by atoms with Crippen molar-refractivity contribution in [2.75, 3.05) is 0 Å². The molecule has 0 amide bonds. The van der Waals surface area contributed by atoms with Crippen LogP contribution in [0.25, 0.3) is 0 Å². The SMILES string of the molecule is CC(=NCc1cccnc1)c1c(O)n(C2CCCCC2)c(=O)[nH]c1=O. The molecule has 25 heavy (non-hydrogen) atoms. The fourth-order valence-electron chi connectivity index (χ4n) is 3.32. The number of H-pyrrole nitrogens is 1. The molecule has 132 valence electrons. The van der Waals surface area contributed by atoms with E-state index in [-0.39, 0.29) is 17.5 Å². The van der Waals surface area contributed by atoms with Crippen LogP contribution in [-0.2, 0) is 6.54 Å². The molecule has 0 radical (unpaired) electrons. The van der Waals surface area contributed by atoms with E-state index in [1.807, 2.05) is 12.1 Å². The average Bonchev–Trinajstić information content (AvgIpc) is 2.61. The number of aliphatic imine (C=N–C) groups is 1. The molecule has 2 N–H and O–H groups in total. The van der Waals surface area contributed by atoms with E-state index in [9.17, 15) is 14.7 Å². The van der Waals surface area contributed by atoms with Gasteiger partial charge in [-0.1, -0.05) is 25.3 Å². The highest BCUT2D eigenvalue weighted by Crippen LogP contribution is 2.30. The van der Waals surface area contributed by atoms with Gasteiger partial charge in [0.2, 0.25) is 5.88 Å². The maximum Gasteiger partial charge on any atom is 0.331 e. The molecule has 0 saturated heterocycles. The Labute approximate surface area is 145 Å². The third kappa shape index (κ3) is 3.70. The lowest BCUT2D eigenvalue weighted by Crippen LogP contribution is -2.36. The zero-order valence-corrected chi connectivity index (χ0v) is 14.2. The van der Waals surface area contributed by atoms with Crippen molar-refractivity contribution < 1.29 is 5.11 Å². The van der Waals surface area contributed by atoms with Gasteiger partial charge >= 0.3 is 5.69 Å². The summed E-state index contributed by atoms with van der Waals surface area (Å²) >= 11 is 0. The molecule has 2 heterocycles. The molecule has 0 bridgehead atoms. The van der Waals surface area contributed by atoms with E-state index in [1.54, 1.807) is 19.3 Å². The van der Waals surface area contributed by atoms with Crippen molar-refractivity contribution in [3.05, 3.63) is 56.5 Å².